The molecule has 1 heterocycles. The number of H-pyrrole nitrogens is 1. The van der Waals surface area contributed by atoms with Gasteiger partial charge in [0.2, 0.25) is 10.0 Å². The summed E-state index contributed by atoms with van der Waals surface area (Å²) in [5.41, 5.74) is 1.37. The van der Waals surface area contributed by atoms with Gasteiger partial charge in [0.1, 0.15) is 11.5 Å². The molecule has 31 heavy (non-hydrogen) atoms. The maximum atomic E-state index is 13.4. The highest BCUT2D eigenvalue weighted by atomic mass is 32.2. The summed E-state index contributed by atoms with van der Waals surface area (Å²) in [4.78, 5) is 28.0. The first-order chi connectivity index (χ1) is 14.7. The predicted molar refractivity (Wildman–Crippen MR) is 113 cm³/mol. The summed E-state index contributed by atoms with van der Waals surface area (Å²) in [5, 5.41) is 0. The fourth-order valence-corrected chi connectivity index (χ4v) is 5.86. The number of halogens is 1. The average Bonchev–Trinajstić information content (AvgIpc) is 3.06. The van der Waals surface area contributed by atoms with Gasteiger partial charge in [-0.25, -0.2) is 17.6 Å². The minimum atomic E-state index is -4.02. The predicted octanol–water partition coefficient (Wildman–Crippen LogP) is 3.76. The number of aromatic amines is 1. The van der Waals surface area contributed by atoms with Gasteiger partial charge in [0, 0.05) is 17.3 Å². The summed E-state index contributed by atoms with van der Waals surface area (Å²) in [6, 6.07) is 4.31. The van der Waals surface area contributed by atoms with Crippen molar-refractivity contribution in [1.29, 1.82) is 0 Å². The third-order valence-electron chi connectivity index (χ3n) is 5.81. The lowest BCUT2D eigenvalue weighted by atomic mass is 9.95. The van der Waals surface area contributed by atoms with Crippen LogP contribution in [-0.2, 0) is 14.8 Å². The van der Waals surface area contributed by atoms with E-state index in [1.54, 1.807) is 13.8 Å². The van der Waals surface area contributed by atoms with E-state index in [2.05, 4.69) is 4.98 Å². The largest absolute Gasteiger partial charge is 0.464 e. The fourth-order valence-electron chi connectivity index (χ4n) is 4.22. The van der Waals surface area contributed by atoms with Gasteiger partial charge in [-0.15, -0.1) is 0 Å². The van der Waals surface area contributed by atoms with Crippen molar-refractivity contribution in [2.45, 2.75) is 56.9 Å². The average molecular weight is 451 g/mol. The molecule has 0 saturated heterocycles. The number of rotatable bonds is 7. The SMILES string of the molecule is COC(=O)c1[nH]c(C)c(C(=O)CN(C2CCCCC2)S(=O)(=O)c2ccc(F)cc2)c1C. The third-order valence-corrected chi connectivity index (χ3v) is 7.72. The van der Waals surface area contributed by atoms with Gasteiger partial charge in [0.15, 0.2) is 5.78 Å². The number of nitrogens with zero attached hydrogens (tertiary/aromatic N) is 1. The molecule has 0 amide bonds. The maximum absolute atomic E-state index is 13.4. The maximum Gasteiger partial charge on any atom is 0.354 e. The second-order valence-corrected chi connectivity index (χ2v) is 9.73. The topological polar surface area (TPSA) is 96.5 Å². The van der Waals surface area contributed by atoms with Crippen molar-refractivity contribution in [1.82, 2.24) is 9.29 Å². The molecule has 7 nitrogen and oxygen atoms in total. The Morgan fingerprint density at radius 1 is 1.13 bits per heavy atom. The Labute approximate surface area is 181 Å². The van der Waals surface area contributed by atoms with Gasteiger partial charge in [0.25, 0.3) is 0 Å². The molecule has 0 unspecified atom stereocenters. The van der Waals surface area contributed by atoms with E-state index >= 15 is 0 Å². The van der Waals surface area contributed by atoms with Gasteiger partial charge in [-0.1, -0.05) is 19.3 Å². The van der Waals surface area contributed by atoms with Crippen molar-refractivity contribution >= 4 is 21.8 Å². The molecule has 0 spiro atoms. The van der Waals surface area contributed by atoms with Crippen LogP contribution < -0.4 is 0 Å². The number of ether oxygens (including phenoxy) is 1. The quantitative estimate of drug-likeness (QED) is 0.512. The Bertz CT molecular complexity index is 1070. The number of ketones is 1. The number of benzene rings is 1. The number of esters is 1. The first-order valence-electron chi connectivity index (χ1n) is 10.2. The molecule has 3 rings (SSSR count). The van der Waals surface area contributed by atoms with Crippen LogP contribution in [0.1, 0.15) is 64.2 Å². The van der Waals surface area contributed by atoms with Crippen molar-refractivity contribution in [3.63, 3.8) is 0 Å². The molecule has 1 fully saturated rings. The van der Waals surface area contributed by atoms with Crippen LogP contribution in [0.3, 0.4) is 0 Å². The van der Waals surface area contributed by atoms with Crippen molar-refractivity contribution in [3.8, 4) is 0 Å². The number of carbonyl (C=O) groups is 2. The van der Waals surface area contributed by atoms with Gasteiger partial charge in [-0.05, 0) is 56.5 Å². The number of Topliss-reactive ketones (excluding diaryl/α,β-unsaturated/α-hetero) is 1. The van der Waals surface area contributed by atoms with Crippen molar-refractivity contribution < 1.29 is 27.1 Å². The van der Waals surface area contributed by atoms with E-state index in [0.29, 0.717) is 24.1 Å². The van der Waals surface area contributed by atoms with Crippen molar-refractivity contribution in [3.05, 3.63) is 52.6 Å². The summed E-state index contributed by atoms with van der Waals surface area (Å²) >= 11 is 0. The van der Waals surface area contributed by atoms with E-state index in [9.17, 15) is 22.4 Å². The van der Waals surface area contributed by atoms with E-state index in [1.165, 1.54) is 23.5 Å². The van der Waals surface area contributed by atoms with Crippen LogP contribution in [0.2, 0.25) is 0 Å². The van der Waals surface area contributed by atoms with Crippen LogP contribution in [0.5, 0.6) is 0 Å². The van der Waals surface area contributed by atoms with Gasteiger partial charge < -0.3 is 9.72 Å². The summed E-state index contributed by atoms with van der Waals surface area (Å²) < 4.78 is 46.1. The second kappa shape index (κ2) is 9.32. The van der Waals surface area contributed by atoms with Crippen LogP contribution in [-0.4, -0.2) is 49.2 Å². The monoisotopic (exact) mass is 450 g/mol. The van der Waals surface area contributed by atoms with Gasteiger partial charge in [-0.3, -0.25) is 4.79 Å². The van der Waals surface area contributed by atoms with Crippen LogP contribution in [0.15, 0.2) is 29.2 Å². The van der Waals surface area contributed by atoms with E-state index in [0.717, 1.165) is 31.4 Å². The van der Waals surface area contributed by atoms with E-state index < -0.39 is 27.6 Å². The standard InChI is InChI=1S/C22H27FN2O5S/c1-14-20(15(2)24-21(14)22(27)30-3)19(26)13-25(17-7-5-4-6-8-17)31(28,29)18-11-9-16(23)10-12-18/h9-12,17,24H,4-8,13H2,1-3H3. The molecule has 0 radical (unpaired) electrons. The Kier molecular flexibility index (Phi) is 6.96. The molecule has 9 heteroatoms. The minimum Gasteiger partial charge on any atom is -0.464 e. The molecule has 1 saturated carbocycles. The zero-order chi connectivity index (χ0) is 22.8. The lowest BCUT2D eigenvalue weighted by molar-refractivity contribution is 0.0593. The Morgan fingerprint density at radius 2 is 1.74 bits per heavy atom. The molecule has 0 atom stereocenters. The van der Waals surface area contributed by atoms with Crippen LogP contribution in [0, 0.1) is 19.7 Å². The first kappa shape index (κ1) is 23.1. The van der Waals surface area contributed by atoms with Crippen molar-refractivity contribution in [2.75, 3.05) is 13.7 Å². The molecule has 0 aliphatic heterocycles. The summed E-state index contributed by atoms with van der Waals surface area (Å²) in [5.74, 6) is -1.53. The Balaban J connectivity index is 1.98. The highest BCUT2D eigenvalue weighted by Crippen LogP contribution is 2.29. The van der Waals surface area contributed by atoms with Crippen LogP contribution in [0.25, 0.3) is 0 Å². The molecule has 1 aromatic heterocycles. The number of hydrogen-bond acceptors (Lipinski definition) is 5. The first-order valence-corrected chi connectivity index (χ1v) is 11.7. The number of aryl methyl sites for hydroxylation is 1. The number of hydrogen-bond donors (Lipinski definition) is 1. The van der Waals surface area contributed by atoms with Crippen LogP contribution >= 0.6 is 0 Å². The minimum absolute atomic E-state index is 0.0509. The summed E-state index contributed by atoms with van der Waals surface area (Å²) in [6.07, 6.45) is 4.10. The molecule has 1 aromatic carbocycles. The number of carbonyl (C=O) groups excluding carboxylic acids is 2. The van der Waals surface area contributed by atoms with Crippen molar-refractivity contribution in [2.24, 2.45) is 0 Å². The fraction of sp³-hybridized carbons (Fsp3) is 0.455. The lowest BCUT2D eigenvalue weighted by Crippen LogP contribution is -2.44. The van der Waals surface area contributed by atoms with Crippen LogP contribution in [0.4, 0.5) is 4.39 Å². The van der Waals surface area contributed by atoms with E-state index in [-0.39, 0.29) is 28.7 Å². The van der Waals surface area contributed by atoms with Gasteiger partial charge in [0.05, 0.1) is 18.6 Å². The molecular weight excluding hydrogens is 423 g/mol. The van der Waals surface area contributed by atoms with Gasteiger partial charge >= 0.3 is 5.97 Å². The molecule has 2 aromatic rings. The summed E-state index contributed by atoms with van der Waals surface area (Å²) in [6.45, 7) is 2.93. The van der Waals surface area contributed by atoms with E-state index in [1.807, 2.05) is 0 Å². The number of methoxy groups -OCH3 is 1. The molecule has 168 valence electrons. The lowest BCUT2D eigenvalue weighted by Gasteiger charge is -2.33. The van der Waals surface area contributed by atoms with E-state index in [4.69, 9.17) is 4.74 Å². The molecule has 0 bridgehead atoms. The highest BCUT2D eigenvalue weighted by Gasteiger charge is 2.35. The Hall–Kier alpha value is -2.52. The zero-order valence-electron chi connectivity index (χ0n) is 17.9. The number of sulfonamides is 1. The molecule has 1 N–H and O–H groups in total. The smallest absolute Gasteiger partial charge is 0.354 e. The number of aromatic nitrogens is 1. The molecule has 1 aliphatic rings. The van der Waals surface area contributed by atoms with Gasteiger partial charge in [-0.2, -0.15) is 4.31 Å². The zero-order valence-corrected chi connectivity index (χ0v) is 18.7. The highest BCUT2D eigenvalue weighted by molar-refractivity contribution is 7.89. The second-order valence-electron chi connectivity index (χ2n) is 7.84. The third kappa shape index (κ3) is 4.72. The summed E-state index contributed by atoms with van der Waals surface area (Å²) in [7, 11) is -2.77. The molecule has 1 aliphatic carbocycles. The molecular formula is C22H27FN2O5S. The normalized spacial score (nSPS) is 15.3. The Morgan fingerprint density at radius 3 is 2.32 bits per heavy atom. The number of nitrogens with one attached hydrogen (secondary N) is 1.